The van der Waals surface area contributed by atoms with Gasteiger partial charge in [-0.2, -0.15) is 0 Å². The first kappa shape index (κ1) is 32.9. The van der Waals surface area contributed by atoms with Crippen LogP contribution >= 0.6 is 0 Å². The van der Waals surface area contributed by atoms with E-state index in [0.29, 0.717) is 0 Å². The standard InChI is InChI=1S/C28H59N.C2H4/c1-3-5-7-9-11-13-15-17-19-21-23-25-27-29-28-26-24-22-20-18-16-14-12-10-8-6-4-2;1-2/h29H,3-28H2,1-2H3;1-2H2. The van der Waals surface area contributed by atoms with Gasteiger partial charge in [0.15, 0.2) is 0 Å². The van der Waals surface area contributed by atoms with E-state index in [9.17, 15) is 0 Å². The second-order valence-electron chi connectivity index (χ2n) is 9.53. The average molecular weight is 438 g/mol. The SMILES string of the molecule is C=C.CCCCCCCCCCCCCCNCCCCCCCCCCCCCC. The van der Waals surface area contributed by atoms with E-state index in [1.54, 1.807) is 0 Å². The molecule has 0 heterocycles. The van der Waals surface area contributed by atoms with Crippen molar-refractivity contribution in [1.82, 2.24) is 5.32 Å². The highest BCUT2D eigenvalue weighted by atomic mass is 14.8. The van der Waals surface area contributed by atoms with Crippen LogP contribution in [0, 0.1) is 0 Å². The molecule has 1 nitrogen and oxygen atoms in total. The summed E-state index contributed by atoms with van der Waals surface area (Å²) in [5, 5.41) is 3.66. The fourth-order valence-corrected chi connectivity index (χ4v) is 4.31. The Bertz CT molecular complexity index is 250. The largest absolute Gasteiger partial charge is 0.317 e. The molecule has 0 unspecified atom stereocenters. The van der Waals surface area contributed by atoms with Crippen LogP contribution in [0.2, 0.25) is 0 Å². The maximum atomic E-state index is 3.66. The van der Waals surface area contributed by atoms with Crippen molar-refractivity contribution in [3.05, 3.63) is 13.2 Å². The van der Waals surface area contributed by atoms with Crippen LogP contribution in [0.1, 0.15) is 168 Å². The van der Waals surface area contributed by atoms with Crippen molar-refractivity contribution < 1.29 is 0 Å². The van der Waals surface area contributed by atoms with Crippen molar-refractivity contribution in [2.24, 2.45) is 0 Å². The third-order valence-electron chi connectivity index (χ3n) is 6.41. The molecule has 188 valence electrons. The predicted octanol–water partition coefficient (Wildman–Crippen LogP) is 10.8. The van der Waals surface area contributed by atoms with Crippen LogP contribution in [0.15, 0.2) is 13.2 Å². The summed E-state index contributed by atoms with van der Waals surface area (Å²) in [4.78, 5) is 0. The molecule has 0 aliphatic carbocycles. The Kier molecular flexibility index (Phi) is 36.4. The van der Waals surface area contributed by atoms with Crippen LogP contribution in [0.5, 0.6) is 0 Å². The molecule has 0 bridgehead atoms. The van der Waals surface area contributed by atoms with E-state index in [1.807, 2.05) is 0 Å². The van der Waals surface area contributed by atoms with Crippen molar-refractivity contribution in [2.45, 2.75) is 168 Å². The lowest BCUT2D eigenvalue weighted by Gasteiger charge is -2.06. The van der Waals surface area contributed by atoms with Gasteiger partial charge in [-0.1, -0.05) is 155 Å². The first-order chi connectivity index (χ1) is 15.4. The molecule has 1 N–H and O–H groups in total. The zero-order valence-corrected chi connectivity index (χ0v) is 22.3. The maximum Gasteiger partial charge on any atom is -0.00489 e. The summed E-state index contributed by atoms with van der Waals surface area (Å²) in [5.74, 6) is 0. The van der Waals surface area contributed by atoms with Gasteiger partial charge in [0.1, 0.15) is 0 Å². The van der Waals surface area contributed by atoms with Gasteiger partial charge in [0.05, 0.1) is 0 Å². The van der Waals surface area contributed by atoms with E-state index in [4.69, 9.17) is 0 Å². The molecule has 0 aromatic rings. The highest BCUT2D eigenvalue weighted by Crippen LogP contribution is 2.13. The molecule has 0 amide bonds. The third kappa shape index (κ3) is 34.5. The Balaban J connectivity index is 0. The van der Waals surface area contributed by atoms with Crippen LogP contribution < -0.4 is 5.32 Å². The fourth-order valence-electron chi connectivity index (χ4n) is 4.31. The Labute approximate surface area is 199 Å². The molecule has 0 aromatic carbocycles. The van der Waals surface area contributed by atoms with Crippen LogP contribution in [0.3, 0.4) is 0 Å². The van der Waals surface area contributed by atoms with Crippen molar-refractivity contribution >= 4 is 0 Å². The molecule has 0 atom stereocenters. The first-order valence-corrected chi connectivity index (χ1v) is 14.6. The van der Waals surface area contributed by atoms with Gasteiger partial charge in [-0.25, -0.2) is 0 Å². The minimum Gasteiger partial charge on any atom is -0.317 e. The fraction of sp³-hybridized carbons (Fsp3) is 0.933. The van der Waals surface area contributed by atoms with Crippen molar-refractivity contribution in [3.8, 4) is 0 Å². The van der Waals surface area contributed by atoms with E-state index in [-0.39, 0.29) is 0 Å². The molecule has 0 fully saturated rings. The number of hydrogen-bond donors (Lipinski definition) is 1. The predicted molar refractivity (Wildman–Crippen MR) is 146 cm³/mol. The second-order valence-corrected chi connectivity index (χ2v) is 9.53. The van der Waals surface area contributed by atoms with Crippen LogP contribution in [-0.4, -0.2) is 13.1 Å². The summed E-state index contributed by atoms with van der Waals surface area (Å²) in [6.45, 7) is 13.1. The molecule has 0 rings (SSSR count). The van der Waals surface area contributed by atoms with Crippen LogP contribution in [-0.2, 0) is 0 Å². The quantitative estimate of drug-likeness (QED) is 0.105. The highest BCUT2D eigenvalue weighted by molar-refractivity contribution is 4.53. The summed E-state index contributed by atoms with van der Waals surface area (Å²) in [7, 11) is 0. The summed E-state index contributed by atoms with van der Waals surface area (Å²) >= 11 is 0. The molecule has 0 aliphatic heterocycles. The van der Waals surface area contributed by atoms with E-state index < -0.39 is 0 Å². The van der Waals surface area contributed by atoms with Gasteiger partial charge in [0.2, 0.25) is 0 Å². The van der Waals surface area contributed by atoms with Crippen molar-refractivity contribution in [1.29, 1.82) is 0 Å². The number of rotatable bonds is 26. The Morgan fingerprint density at radius 1 is 0.323 bits per heavy atom. The zero-order chi connectivity index (χ0) is 23.1. The zero-order valence-electron chi connectivity index (χ0n) is 22.3. The first-order valence-electron chi connectivity index (χ1n) is 14.6. The van der Waals surface area contributed by atoms with Gasteiger partial charge in [-0.3, -0.25) is 0 Å². The van der Waals surface area contributed by atoms with Gasteiger partial charge >= 0.3 is 0 Å². The Hall–Kier alpha value is -0.300. The maximum absolute atomic E-state index is 3.66. The van der Waals surface area contributed by atoms with Crippen molar-refractivity contribution in [2.75, 3.05) is 13.1 Å². The lowest BCUT2D eigenvalue weighted by Crippen LogP contribution is -2.16. The number of nitrogens with one attached hydrogen (secondary N) is 1. The van der Waals surface area contributed by atoms with Gasteiger partial charge in [0.25, 0.3) is 0 Å². The lowest BCUT2D eigenvalue weighted by atomic mass is 10.1. The molecule has 31 heavy (non-hydrogen) atoms. The van der Waals surface area contributed by atoms with Gasteiger partial charge in [-0.15, -0.1) is 13.2 Å². The highest BCUT2D eigenvalue weighted by Gasteiger charge is 1.95. The van der Waals surface area contributed by atoms with E-state index >= 15 is 0 Å². The average Bonchev–Trinajstić information content (AvgIpc) is 2.80. The summed E-state index contributed by atoms with van der Waals surface area (Å²) in [5.41, 5.74) is 0. The molecule has 0 aliphatic rings. The summed E-state index contributed by atoms with van der Waals surface area (Å²) in [6, 6.07) is 0. The third-order valence-corrected chi connectivity index (χ3v) is 6.41. The Morgan fingerprint density at radius 2 is 0.516 bits per heavy atom. The molecule has 0 saturated heterocycles. The minimum absolute atomic E-state index is 1.25. The molecule has 0 spiro atoms. The van der Waals surface area contributed by atoms with E-state index in [1.165, 1.54) is 167 Å². The summed E-state index contributed by atoms with van der Waals surface area (Å²) < 4.78 is 0. The van der Waals surface area contributed by atoms with Gasteiger partial charge in [0, 0.05) is 0 Å². The monoisotopic (exact) mass is 437 g/mol. The van der Waals surface area contributed by atoms with Crippen LogP contribution in [0.25, 0.3) is 0 Å². The Morgan fingerprint density at radius 3 is 0.742 bits per heavy atom. The lowest BCUT2D eigenvalue weighted by molar-refractivity contribution is 0.521. The van der Waals surface area contributed by atoms with E-state index in [0.717, 1.165) is 0 Å². The minimum atomic E-state index is 1.25. The molecule has 0 radical (unpaired) electrons. The molecule has 1 heteroatoms. The van der Waals surface area contributed by atoms with Gasteiger partial charge < -0.3 is 5.32 Å². The molecule has 0 saturated carbocycles. The van der Waals surface area contributed by atoms with Gasteiger partial charge in [-0.05, 0) is 25.9 Å². The topological polar surface area (TPSA) is 12.0 Å². The molecule has 0 aromatic heterocycles. The van der Waals surface area contributed by atoms with Crippen LogP contribution in [0.4, 0.5) is 0 Å². The van der Waals surface area contributed by atoms with E-state index in [2.05, 4.69) is 32.3 Å². The molecular formula is C30H63N. The normalized spacial score (nSPS) is 10.8. The number of hydrogen-bond acceptors (Lipinski definition) is 1. The molecular weight excluding hydrogens is 374 g/mol. The smallest absolute Gasteiger partial charge is 0.00489 e. The number of unbranched alkanes of at least 4 members (excludes halogenated alkanes) is 22. The summed E-state index contributed by atoms with van der Waals surface area (Å²) in [6.07, 6.45) is 34.8. The van der Waals surface area contributed by atoms with Crippen molar-refractivity contribution in [3.63, 3.8) is 0 Å². The second kappa shape index (κ2) is 34.3.